The van der Waals surface area contributed by atoms with Crippen LogP contribution >= 0.6 is 11.6 Å². The zero-order valence-electron chi connectivity index (χ0n) is 16.1. The van der Waals surface area contributed by atoms with Crippen molar-refractivity contribution in [1.29, 1.82) is 0 Å². The van der Waals surface area contributed by atoms with Crippen LogP contribution in [0.2, 0.25) is 5.02 Å². The Morgan fingerprint density at radius 1 is 1.17 bits per heavy atom. The summed E-state index contributed by atoms with van der Waals surface area (Å²) in [5.41, 5.74) is 7.02. The predicted octanol–water partition coefficient (Wildman–Crippen LogP) is 1.57. The fourth-order valence-electron chi connectivity index (χ4n) is 2.18. The Bertz CT molecular complexity index is 1110. The number of aromatic nitrogens is 1. The topological polar surface area (TPSA) is 147 Å². The van der Waals surface area contributed by atoms with E-state index in [-0.39, 0.29) is 23.2 Å². The monoisotopic (exact) mass is 477 g/mol. The number of pyridine rings is 1. The summed E-state index contributed by atoms with van der Waals surface area (Å²) in [6.07, 6.45) is 1.50. The van der Waals surface area contributed by atoms with Crippen molar-refractivity contribution < 1.29 is 30.0 Å². The van der Waals surface area contributed by atoms with Gasteiger partial charge >= 0.3 is 0 Å². The fraction of sp³-hybridized carbons (Fsp3) is 0.294. The molecule has 1 atom stereocenters. The van der Waals surface area contributed by atoms with E-state index < -0.39 is 32.9 Å². The lowest BCUT2D eigenvalue weighted by molar-refractivity contribution is 0.130. The van der Waals surface area contributed by atoms with Crippen molar-refractivity contribution in [3.8, 4) is 0 Å². The molecule has 0 bridgehead atoms. The summed E-state index contributed by atoms with van der Waals surface area (Å²) in [4.78, 5) is 9.23. The minimum atomic E-state index is -3.96. The van der Waals surface area contributed by atoms with Crippen molar-refractivity contribution in [2.75, 3.05) is 19.1 Å². The number of nitrogens with zero attached hydrogens (tertiary/aromatic N) is 2. The summed E-state index contributed by atoms with van der Waals surface area (Å²) >= 11 is 6.18. The highest BCUT2D eigenvalue weighted by atomic mass is 35.5. The third-order valence-corrected chi connectivity index (χ3v) is 4.88. The van der Waals surface area contributed by atoms with E-state index in [1.807, 2.05) is 30.3 Å². The van der Waals surface area contributed by atoms with Crippen LogP contribution in [-0.2, 0) is 40.0 Å². The number of benzene rings is 1. The third kappa shape index (κ3) is 8.24. The van der Waals surface area contributed by atoms with E-state index in [0.29, 0.717) is 5.56 Å². The Labute approximate surface area is 179 Å². The highest BCUT2D eigenvalue weighted by Gasteiger charge is 2.24. The Morgan fingerprint density at radius 2 is 1.83 bits per heavy atom. The molecule has 0 saturated heterocycles. The van der Waals surface area contributed by atoms with E-state index in [4.69, 9.17) is 26.4 Å². The molecule has 1 aromatic carbocycles. The molecule has 13 heteroatoms. The molecule has 0 aliphatic heterocycles. The molecule has 0 fully saturated rings. The van der Waals surface area contributed by atoms with Crippen LogP contribution in [0.4, 0.5) is 0 Å². The van der Waals surface area contributed by atoms with E-state index in [2.05, 4.69) is 14.3 Å². The van der Waals surface area contributed by atoms with E-state index in [9.17, 15) is 16.8 Å². The van der Waals surface area contributed by atoms with Gasteiger partial charge in [0.1, 0.15) is 12.7 Å². The van der Waals surface area contributed by atoms with Crippen LogP contribution < -0.4 is 5.73 Å². The minimum Gasteiger partial charge on any atom is -0.389 e. The lowest BCUT2D eigenvalue weighted by atomic mass is 10.2. The first-order valence-electron chi connectivity index (χ1n) is 8.32. The van der Waals surface area contributed by atoms with Crippen molar-refractivity contribution in [2.24, 2.45) is 10.9 Å². The largest absolute Gasteiger partial charge is 0.389 e. The van der Waals surface area contributed by atoms with Gasteiger partial charge in [0, 0.05) is 11.8 Å². The maximum atomic E-state index is 11.5. The van der Waals surface area contributed by atoms with Crippen molar-refractivity contribution in [1.82, 2.24) is 4.98 Å². The van der Waals surface area contributed by atoms with Crippen molar-refractivity contribution in [3.63, 3.8) is 0 Å². The first-order valence-corrected chi connectivity index (χ1v) is 12.3. The zero-order chi connectivity index (χ0) is 22.4. The lowest BCUT2D eigenvalue weighted by Crippen LogP contribution is -2.20. The lowest BCUT2D eigenvalue weighted by Gasteiger charge is -2.17. The Hall–Kier alpha value is -2.25. The molecule has 1 heterocycles. The second kappa shape index (κ2) is 10.2. The van der Waals surface area contributed by atoms with Gasteiger partial charge in [0.25, 0.3) is 20.2 Å². The quantitative estimate of drug-likeness (QED) is 0.233. The zero-order valence-corrected chi connectivity index (χ0v) is 18.4. The molecule has 0 aliphatic carbocycles. The van der Waals surface area contributed by atoms with Crippen molar-refractivity contribution in [3.05, 3.63) is 64.4 Å². The van der Waals surface area contributed by atoms with E-state index in [0.717, 1.165) is 18.1 Å². The Balaban J connectivity index is 2.18. The molecule has 164 valence electrons. The highest BCUT2D eigenvalue weighted by Crippen LogP contribution is 2.26. The second-order valence-corrected chi connectivity index (χ2v) is 9.76. The van der Waals surface area contributed by atoms with Crippen LogP contribution in [0.25, 0.3) is 0 Å². The van der Waals surface area contributed by atoms with Gasteiger partial charge in [-0.25, -0.2) is 0 Å². The molecule has 0 radical (unpaired) electrons. The number of oxime groups is 1. The smallest absolute Gasteiger partial charge is 0.265 e. The van der Waals surface area contributed by atoms with Gasteiger partial charge in [0.15, 0.2) is 5.84 Å². The van der Waals surface area contributed by atoms with Gasteiger partial charge in [0.2, 0.25) is 0 Å². The fourth-order valence-corrected chi connectivity index (χ4v) is 3.40. The molecule has 0 saturated carbocycles. The number of nitrogens with two attached hydrogens (primary N) is 1. The molecule has 2 aromatic rings. The number of amidine groups is 1. The van der Waals surface area contributed by atoms with Crippen LogP contribution in [0.3, 0.4) is 0 Å². The molecule has 1 unspecified atom stereocenters. The predicted molar refractivity (Wildman–Crippen MR) is 111 cm³/mol. The summed E-state index contributed by atoms with van der Waals surface area (Å²) in [5, 5.41) is 3.77. The summed E-state index contributed by atoms with van der Waals surface area (Å²) in [6.45, 7) is -0.435. The van der Waals surface area contributed by atoms with E-state index in [1.165, 1.54) is 12.3 Å². The normalized spacial score (nSPS) is 13.8. The van der Waals surface area contributed by atoms with Crippen LogP contribution in [0.1, 0.15) is 22.9 Å². The van der Waals surface area contributed by atoms with Crippen molar-refractivity contribution >= 4 is 37.7 Å². The summed E-state index contributed by atoms with van der Waals surface area (Å²) in [7, 11) is -7.81. The summed E-state index contributed by atoms with van der Waals surface area (Å²) in [6, 6.07) is 10.7. The first-order chi connectivity index (χ1) is 13.9. The summed E-state index contributed by atoms with van der Waals surface area (Å²) in [5.74, 6) is -0.0140. The van der Waals surface area contributed by atoms with Gasteiger partial charge in [-0.15, -0.1) is 0 Å². The number of halogens is 1. The van der Waals surface area contributed by atoms with Gasteiger partial charge < -0.3 is 10.6 Å². The molecule has 2 N–H and O–H groups in total. The van der Waals surface area contributed by atoms with Gasteiger partial charge in [-0.2, -0.15) is 16.8 Å². The Kier molecular flexibility index (Phi) is 8.15. The van der Waals surface area contributed by atoms with Gasteiger partial charge in [-0.05, 0) is 11.6 Å². The Morgan fingerprint density at radius 3 is 2.40 bits per heavy atom. The maximum absolute atomic E-state index is 11.5. The first kappa shape index (κ1) is 24.0. The number of hydrogen-bond donors (Lipinski definition) is 1. The second-order valence-electron chi connectivity index (χ2n) is 6.10. The molecule has 0 aliphatic rings. The number of rotatable bonds is 10. The average Bonchev–Trinajstić information content (AvgIpc) is 2.64. The average molecular weight is 478 g/mol. The van der Waals surface area contributed by atoms with Crippen LogP contribution in [0, 0.1) is 0 Å². The van der Waals surface area contributed by atoms with Gasteiger partial charge in [0.05, 0.1) is 29.8 Å². The molecule has 2 rings (SSSR count). The molecule has 1 aromatic heterocycles. The maximum Gasteiger partial charge on any atom is 0.265 e. The molecular formula is C17H20ClN3O7S2. The van der Waals surface area contributed by atoms with Crippen molar-refractivity contribution in [2.45, 2.75) is 12.7 Å². The summed E-state index contributed by atoms with van der Waals surface area (Å²) < 4.78 is 55.0. The minimum absolute atomic E-state index is 0.0140. The molecule has 0 amide bonds. The highest BCUT2D eigenvalue weighted by molar-refractivity contribution is 7.86. The van der Waals surface area contributed by atoms with Crippen LogP contribution in [0.5, 0.6) is 0 Å². The van der Waals surface area contributed by atoms with E-state index >= 15 is 0 Å². The van der Waals surface area contributed by atoms with Crippen LogP contribution in [-0.4, -0.2) is 46.8 Å². The molecule has 10 nitrogen and oxygen atoms in total. The molecule has 30 heavy (non-hydrogen) atoms. The molecule has 0 spiro atoms. The standard InChI is InChI=1S/C17H20ClN3O7S2/c1-29(22,23)27-11-15(28-30(2,24)25)16-14(18)8-13(9-20-16)17(19)21-26-10-12-6-4-3-5-7-12/h3-9,15H,10-11H2,1-2H3,(H2,19,21). The molecular weight excluding hydrogens is 458 g/mol. The third-order valence-electron chi connectivity index (χ3n) is 3.43. The van der Waals surface area contributed by atoms with E-state index in [1.54, 1.807) is 0 Å². The van der Waals surface area contributed by atoms with Gasteiger partial charge in [-0.1, -0.05) is 47.1 Å². The van der Waals surface area contributed by atoms with Gasteiger partial charge in [-0.3, -0.25) is 13.4 Å². The van der Waals surface area contributed by atoms with Crippen LogP contribution in [0.15, 0.2) is 47.8 Å². The number of hydrogen-bond acceptors (Lipinski definition) is 9. The SMILES string of the molecule is CS(=O)(=O)OCC(OS(C)(=O)=O)c1ncc(/C(N)=N/OCc2ccccc2)cc1Cl.